The summed E-state index contributed by atoms with van der Waals surface area (Å²) < 4.78 is 74.6. The second kappa shape index (κ2) is 8.77. The molecule has 2 saturated heterocycles. The maximum atomic E-state index is 14.8. The van der Waals surface area contributed by atoms with Gasteiger partial charge >= 0.3 is 18.2 Å². The molecular weight excluding hydrogens is 451 g/mol. The van der Waals surface area contributed by atoms with Crippen molar-refractivity contribution in [3.63, 3.8) is 0 Å². The van der Waals surface area contributed by atoms with Crippen LogP contribution in [0.15, 0.2) is 16.5 Å². The van der Waals surface area contributed by atoms with Crippen LogP contribution in [0, 0.1) is 11.6 Å². The Balaban J connectivity index is 1.78. The van der Waals surface area contributed by atoms with Crippen molar-refractivity contribution in [3.05, 3.63) is 23.8 Å². The van der Waals surface area contributed by atoms with E-state index in [1.807, 2.05) is 0 Å². The van der Waals surface area contributed by atoms with Crippen molar-refractivity contribution in [2.24, 2.45) is 10.1 Å². The molecule has 2 N–H and O–H groups in total. The van der Waals surface area contributed by atoms with Crippen LogP contribution in [0.4, 0.5) is 38.1 Å². The topological polar surface area (TPSA) is 105 Å². The Bertz CT molecular complexity index is 932. The zero-order chi connectivity index (χ0) is 22.9. The number of hydrogen-bond acceptors (Lipinski definition) is 5. The molecule has 1 aromatic rings. The quantitative estimate of drug-likeness (QED) is 0.682. The number of carbonyl (C=O) groups excluding carboxylic acids is 3. The average molecular weight is 468 g/mol. The Kier molecular flexibility index (Phi) is 6.48. The SMILES string of the molecule is NC(=O)C1CN(c2cc(F)c(N3CCCS(=NC(=O)C(F)(F)F)CC3)c(F)c2)C(=O)O1. The minimum atomic E-state index is -5.06. The first-order valence-corrected chi connectivity index (χ1v) is 10.5. The molecule has 2 aliphatic heterocycles. The van der Waals surface area contributed by atoms with E-state index in [4.69, 9.17) is 10.5 Å². The van der Waals surface area contributed by atoms with Crippen molar-refractivity contribution >= 4 is 40.0 Å². The van der Waals surface area contributed by atoms with Crippen molar-refractivity contribution < 1.29 is 41.1 Å². The number of halogens is 5. The number of primary amides is 1. The molecule has 0 saturated carbocycles. The van der Waals surface area contributed by atoms with E-state index in [-0.39, 0.29) is 43.2 Å². The molecule has 0 aromatic heterocycles. The molecule has 0 bridgehead atoms. The molecule has 3 amide bonds. The molecule has 3 rings (SSSR count). The van der Waals surface area contributed by atoms with Crippen LogP contribution in [0.2, 0.25) is 0 Å². The van der Waals surface area contributed by atoms with Gasteiger partial charge in [0, 0.05) is 36.7 Å². The Labute approximate surface area is 175 Å². The van der Waals surface area contributed by atoms with Crippen molar-refractivity contribution in [2.45, 2.75) is 18.7 Å². The highest BCUT2D eigenvalue weighted by Gasteiger charge is 2.39. The predicted octanol–water partition coefficient (Wildman–Crippen LogP) is 1.88. The molecule has 2 unspecified atom stereocenters. The second-order valence-electron chi connectivity index (χ2n) is 6.75. The van der Waals surface area contributed by atoms with Gasteiger partial charge in [-0.25, -0.2) is 13.6 Å². The summed E-state index contributed by atoms with van der Waals surface area (Å²) in [5.41, 5.74) is 4.49. The van der Waals surface area contributed by atoms with Gasteiger partial charge in [0.15, 0.2) is 17.7 Å². The van der Waals surface area contributed by atoms with E-state index in [1.54, 1.807) is 0 Å². The van der Waals surface area contributed by atoms with Gasteiger partial charge in [-0.15, -0.1) is 0 Å². The van der Waals surface area contributed by atoms with Crippen molar-refractivity contribution in [3.8, 4) is 0 Å². The van der Waals surface area contributed by atoms with Crippen molar-refractivity contribution in [1.82, 2.24) is 0 Å². The maximum absolute atomic E-state index is 14.8. The lowest BCUT2D eigenvalue weighted by Gasteiger charge is -2.24. The average Bonchev–Trinajstić information content (AvgIpc) is 2.91. The number of hydrogen-bond donors (Lipinski definition) is 1. The van der Waals surface area contributed by atoms with Gasteiger partial charge in [-0.1, -0.05) is 10.7 Å². The molecule has 0 radical (unpaired) electrons. The Morgan fingerprint density at radius 2 is 1.81 bits per heavy atom. The largest absolute Gasteiger partial charge is 0.474 e. The summed E-state index contributed by atoms with van der Waals surface area (Å²) in [4.78, 5) is 36.3. The Morgan fingerprint density at radius 3 is 2.35 bits per heavy atom. The van der Waals surface area contributed by atoms with E-state index in [9.17, 15) is 36.3 Å². The van der Waals surface area contributed by atoms with Gasteiger partial charge < -0.3 is 15.4 Å². The molecule has 0 aliphatic carbocycles. The summed E-state index contributed by atoms with van der Waals surface area (Å²) in [5.74, 6) is -4.86. The van der Waals surface area contributed by atoms with E-state index < -0.39 is 58.2 Å². The number of benzene rings is 1. The fourth-order valence-corrected chi connectivity index (χ4v) is 4.79. The number of amides is 3. The highest BCUT2D eigenvalue weighted by molar-refractivity contribution is 7.87. The lowest BCUT2D eigenvalue weighted by atomic mass is 10.2. The molecular formula is C17H17F5N4O4S. The second-order valence-corrected chi connectivity index (χ2v) is 8.67. The van der Waals surface area contributed by atoms with Gasteiger partial charge in [0.05, 0.1) is 12.2 Å². The third-order valence-electron chi connectivity index (χ3n) is 4.62. The van der Waals surface area contributed by atoms with Crippen LogP contribution < -0.4 is 15.5 Å². The standard InChI is InChI=1S/C17H17F5N4O4S/c18-10-6-9(26-8-12(14(23)27)30-16(26)29)7-11(19)13(10)25-2-1-4-31(5-3-25)24-15(28)17(20,21)22/h6-7,12H,1-5,8H2,(H2,23,27). The molecule has 2 fully saturated rings. The van der Waals surface area contributed by atoms with Crippen LogP contribution in [-0.4, -0.2) is 61.3 Å². The van der Waals surface area contributed by atoms with Gasteiger partial charge in [-0.05, 0) is 6.42 Å². The minimum Gasteiger partial charge on any atom is -0.434 e. The monoisotopic (exact) mass is 468 g/mol. The van der Waals surface area contributed by atoms with Crippen molar-refractivity contribution in [2.75, 3.05) is 40.9 Å². The predicted molar refractivity (Wildman–Crippen MR) is 101 cm³/mol. The molecule has 2 atom stereocenters. The van der Waals surface area contributed by atoms with Gasteiger partial charge in [-0.2, -0.15) is 17.5 Å². The fourth-order valence-electron chi connectivity index (χ4n) is 3.17. The van der Waals surface area contributed by atoms with Crippen molar-refractivity contribution in [1.29, 1.82) is 0 Å². The lowest BCUT2D eigenvalue weighted by Crippen LogP contribution is -2.33. The van der Waals surface area contributed by atoms with Gasteiger partial charge in [0.1, 0.15) is 5.69 Å². The summed E-state index contributed by atoms with van der Waals surface area (Å²) in [6.07, 6.45) is -7.01. The Morgan fingerprint density at radius 1 is 1.16 bits per heavy atom. The van der Waals surface area contributed by atoms with E-state index >= 15 is 0 Å². The number of cyclic esters (lactones) is 1. The van der Waals surface area contributed by atoms with E-state index in [2.05, 4.69) is 4.36 Å². The van der Waals surface area contributed by atoms with Gasteiger partial charge in [0.25, 0.3) is 5.91 Å². The van der Waals surface area contributed by atoms with Crippen LogP contribution in [0.1, 0.15) is 6.42 Å². The molecule has 31 heavy (non-hydrogen) atoms. The lowest BCUT2D eigenvalue weighted by molar-refractivity contribution is -0.169. The number of ether oxygens (including phenoxy) is 1. The third kappa shape index (κ3) is 5.11. The summed E-state index contributed by atoms with van der Waals surface area (Å²) in [7, 11) is -1.21. The van der Waals surface area contributed by atoms with Crippen LogP contribution in [0.25, 0.3) is 0 Å². The number of anilines is 2. The zero-order valence-corrected chi connectivity index (χ0v) is 16.6. The van der Waals surface area contributed by atoms with E-state index in [0.717, 1.165) is 17.0 Å². The summed E-state index contributed by atoms with van der Waals surface area (Å²) in [6.45, 7) is -0.171. The Hall–Kier alpha value is -2.77. The summed E-state index contributed by atoms with van der Waals surface area (Å²) in [6, 6.07) is 1.79. The van der Waals surface area contributed by atoms with Gasteiger partial charge in [-0.3, -0.25) is 14.5 Å². The van der Waals surface area contributed by atoms with Gasteiger partial charge in [0.2, 0.25) is 0 Å². The van der Waals surface area contributed by atoms with Crippen LogP contribution in [0.5, 0.6) is 0 Å². The summed E-state index contributed by atoms with van der Waals surface area (Å²) >= 11 is 0. The number of carbonyl (C=O) groups is 3. The minimum absolute atomic E-state index is 0.0135. The third-order valence-corrected chi connectivity index (χ3v) is 6.46. The maximum Gasteiger partial charge on any atom is 0.474 e. The smallest absolute Gasteiger partial charge is 0.434 e. The van der Waals surface area contributed by atoms with Crippen LogP contribution in [0.3, 0.4) is 0 Å². The van der Waals surface area contributed by atoms with Crippen LogP contribution >= 0.6 is 0 Å². The molecule has 14 heteroatoms. The number of nitrogens with two attached hydrogens (primary N) is 1. The molecule has 1 aromatic carbocycles. The molecule has 170 valence electrons. The number of nitrogens with zero attached hydrogens (tertiary/aromatic N) is 3. The zero-order valence-electron chi connectivity index (χ0n) is 15.8. The first-order valence-electron chi connectivity index (χ1n) is 8.99. The number of alkyl halides is 3. The number of rotatable bonds is 3. The molecule has 2 heterocycles. The first kappa shape index (κ1) is 22.9. The normalized spacial score (nSPS) is 22.4. The van der Waals surface area contributed by atoms with E-state index in [0.29, 0.717) is 0 Å². The first-order chi connectivity index (χ1) is 14.5. The van der Waals surface area contributed by atoms with E-state index in [1.165, 1.54) is 4.90 Å². The molecule has 0 spiro atoms. The van der Waals surface area contributed by atoms with Crippen LogP contribution in [-0.2, 0) is 25.0 Å². The summed E-state index contributed by atoms with van der Waals surface area (Å²) in [5, 5.41) is 0. The highest BCUT2D eigenvalue weighted by atomic mass is 32.2. The molecule has 8 nitrogen and oxygen atoms in total. The highest BCUT2D eigenvalue weighted by Crippen LogP contribution is 2.31. The molecule has 2 aliphatic rings. The fraction of sp³-hybridized carbons (Fsp3) is 0.471.